The van der Waals surface area contributed by atoms with E-state index in [2.05, 4.69) is 5.32 Å². The van der Waals surface area contributed by atoms with Crippen LogP contribution in [-0.2, 0) is 0 Å². The van der Waals surface area contributed by atoms with Gasteiger partial charge in [0.25, 0.3) is 0 Å². The first-order chi connectivity index (χ1) is 13.2. The van der Waals surface area contributed by atoms with Crippen molar-refractivity contribution in [2.45, 2.75) is 51.7 Å². The maximum Gasteiger partial charge on any atom is 0.341 e. The summed E-state index contributed by atoms with van der Waals surface area (Å²) in [5.74, 6) is -2.98. The molecule has 2 atom stereocenters. The standard InChI is InChI=1S/C20H23F2N3O3/c1-9-6-24(7-10(2)23-9)18-15(21)11(3)14-17(16(18)22)25(12-4-5-12)8-13(19(14)26)20(27)28/h8-10,12,23H,4-7H2,1-3H3,(H,27,28). The number of pyridine rings is 1. The summed E-state index contributed by atoms with van der Waals surface area (Å²) >= 11 is 0. The molecule has 8 heteroatoms. The lowest BCUT2D eigenvalue weighted by Crippen LogP contribution is -2.54. The van der Waals surface area contributed by atoms with Crippen molar-refractivity contribution in [3.63, 3.8) is 0 Å². The summed E-state index contributed by atoms with van der Waals surface area (Å²) in [5.41, 5.74) is -1.44. The van der Waals surface area contributed by atoms with E-state index in [9.17, 15) is 14.7 Å². The number of aryl methyl sites for hydroxylation is 1. The van der Waals surface area contributed by atoms with E-state index in [0.717, 1.165) is 12.8 Å². The molecule has 2 unspecified atom stereocenters. The predicted molar refractivity (Wildman–Crippen MR) is 102 cm³/mol. The monoisotopic (exact) mass is 391 g/mol. The van der Waals surface area contributed by atoms with Crippen LogP contribution >= 0.6 is 0 Å². The van der Waals surface area contributed by atoms with Crippen LogP contribution in [0.1, 0.15) is 48.7 Å². The molecule has 2 aliphatic rings. The van der Waals surface area contributed by atoms with Crippen LogP contribution in [0.3, 0.4) is 0 Å². The average molecular weight is 391 g/mol. The van der Waals surface area contributed by atoms with Crippen LogP contribution in [0.25, 0.3) is 10.9 Å². The van der Waals surface area contributed by atoms with Gasteiger partial charge in [0, 0.05) is 43.0 Å². The number of benzene rings is 1. The lowest BCUT2D eigenvalue weighted by molar-refractivity contribution is 0.0695. The lowest BCUT2D eigenvalue weighted by atomic mass is 10.0. The van der Waals surface area contributed by atoms with Gasteiger partial charge >= 0.3 is 5.97 Å². The van der Waals surface area contributed by atoms with Crippen LogP contribution < -0.4 is 15.6 Å². The molecule has 1 saturated carbocycles. The van der Waals surface area contributed by atoms with Crippen molar-refractivity contribution in [2.24, 2.45) is 0 Å². The molecule has 150 valence electrons. The van der Waals surface area contributed by atoms with Gasteiger partial charge in [0.2, 0.25) is 5.43 Å². The highest BCUT2D eigenvalue weighted by Crippen LogP contribution is 2.41. The first-order valence-electron chi connectivity index (χ1n) is 9.51. The van der Waals surface area contributed by atoms with E-state index in [1.165, 1.54) is 17.7 Å². The van der Waals surface area contributed by atoms with E-state index in [0.29, 0.717) is 13.1 Å². The number of nitrogens with zero attached hydrogens (tertiary/aromatic N) is 2. The Kier molecular flexibility index (Phi) is 4.41. The fraction of sp³-hybridized carbons (Fsp3) is 0.500. The maximum atomic E-state index is 15.7. The number of aromatic carboxylic acids is 1. The zero-order valence-corrected chi connectivity index (χ0v) is 16.1. The van der Waals surface area contributed by atoms with Crippen molar-refractivity contribution < 1.29 is 18.7 Å². The Balaban J connectivity index is 2.05. The number of halogens is 2. The molecule has 2 aromatic rings. The Morgan fingerprint density at radius 2 is 1.79 bits per heavy atom. The molecule has 6 nitrogen and oxygen atoms in total. The van der Waals surface area contributed by atoms with E-state index >= 15 is 8.78 Å². The molecule has 1 aromatic carbocycles. The first-order valence-corrected chi connectivity index (χ1v) is 9.51. The van der Waals surface area contributed by atoms with Gasteiger partial charge in [-0.25, -0.2) is 13.6 Å². The molecule has 1 saturated heterocycles. The van der Waals surface area contributed by atoms with Crippen LogP contribution in [0.4, 0.5) is 14.5 Å². The van der Waals surface area contributed by atoms with Crippen molar-refractivity contribution in [2.75, 3.05) is 18.0 Å². The lowest BCUT2D eigenvalue weighted by Gasteiger charge is -2.38. The molecular formula is C20H23F2N3O3. The van der Waals surface area contributed by atoms with E-state index < -0.39 is 28.6 Å². The maximum absolute atomic E-state index is 15.7. The fourth-order valence-electron chi connectivity index (χ4n) is 4.28. The van der Waals surface area contributed by atoms with Crippen LogP contribution in [0.5, 0.6) is 0 Å². The van der Waals surface area contributed by atoms with Crippen molar-refractivity contribution in [3.8, 4) is 0 Å². The van der Waals surface area contributed by atoms with Crippen molar-refractivity contribution in [3.05, 3.63) is 39.2 Å². The van der Waals surface area contributed by atoms with E-state index in [-0.39, 0.29) is 40.3 Å². The largest absolute Gasteiger partial charge is 0.477 e. The summed E-state index contributed by atoms with van der Waals surface area (Å²) < 4.78 is 32.5. The van der Waals surface area contributed by atoms with Crippen LogP contribution in [-0.4, -0.2) is 40.8 Å². The van der Waals surface area contributed by atoms with E-state index in [4.69, 9.17) is 0 Å². The van der Waals surface area contributed by atoms with Crippen LogP contribution in [0, 0.1) is 18.6 Å². The topological polar surface area (TPSA) is 74.6 Å². The Morgan fingerprint density at radius 1 is 1.18 bits per heavy atom. The molecule has 1 aliphatic carbocycles. The molecule has 4 rings (SSSR count). The Labute approximate surface area is 160 Å². The third kappa shape index (κ3) is 2.87. The number of nitrogens with one attached hydrogen (secondary N) is 1. The molecule has 1 aromatic heterocycles. The third-order valence-corrected chi connectivity index (χ3v) is 5.61. The highest BCUT2D eigenvalue weighted by molar-refractivity contribution is 5.95. The summed E-state index contributed by atoms with van der Waals surface area (Å²) in [4.78, 5) is 25.9. The quantitative estimate of drug-likeness (QED) is 0.842. The minimum Gasteiger partial charge on any atom is -0.477 e. The highest BCUT2D eigenvalue weighted by Gasteiger charge is 2.33. The number of hydrogen-bond acceptors (Lipinski definition) is 4. The second-order valence-corrected chi connectivity index (χ2v) is 8.01. The molecule has 1 aliphatic heterocycles. The number of anilines is 1. The molecule has 0 spiro atoms. The first kappa shape index (κ1) is 18.9. The SMILES string of the molecule is Cc1c(F)c(N2CC(C)NC(C)C2)c(F)c2c1c(=O)c(C(=O)O)cn2C1CC1. The molecule has 2 fully saturated rings. The second-order valence-electron chi connectivity index (χ2n) is 8.01. The normalized spacial score (nSPS) is 22.7. The number of hydrogen-bond donors (Lipinski definition) is 2. The number of carbonyl (C=O) groups is 1. The fourth-order valence-corrected chi connectivity index (χ4v) is 4.28. The number of aromatic nitrogens is 1. The summed E-state index contributed by atoms with van der Waals surface area (Å²) in [6, 6.07) is 0.0337. The highest BCUT2D eigenvalue weighted by atomic mass is 19.1. The third-order valence-electron chi connectivity index (χ3n) is 5.61. The van der Waals surface area contributed by atoms with Gasteiger partial charge in [0.05, 0.1) is 10.9 Å². The van der Waals surface area contributed by atoms with Gasteiger partial charge in [-0.3, -0.25) is 4.79 Å². The molecular weight excluding hydrogens is 368 g/mol. The Hall–Kier alpha value is -2.48. The molecule has 28 heavy (non-hydrogen) atoms. The molecule has 0 bridgehead atoms. The predicted octanol–water partition coefficient (Wildman–Crippen LogP) is 2.81. The van der Waals surface area contributed by atoms with Gasteiger partial charge in [-0.2, -0.15) is 0 Å². The van der Waals surface area contributed by atoms with Gasteiger partial charge in [-0.1, -0.05) is 0 Å². The van der Waals surface area contributed by atoms with Crippen molar-refractivity contribution in [1.82, 2.24) is 9.88 Å². The van der Waals surface area contributed by atoms with Crippen LogP contribution in [0.2, 0.25) is 0 Å². The summed E-state index contributed by atoms with van der Waals surface area (Å²) in [6.07, 6.45) is 2.74. The number of carboxylic acid groups (broad SMARTS) is 1. The molecule has 2 N–H and O–H groups in total. The van der Waals surface area contributed by atoms with Gasteiger partial charge in [-0.15, -0.1) is 0 Å². The summed E-state index contributed by atoms with van der Waals surface area (Å²) in [7, 11) is 0. The zero-order valence-electron chi connectivity index (χ0n) is 16.1. The average Bonchev–Trinajstić information content (AvgIpc) is 3.43. The van der Waals surface area contributed by atoms with Crippen molar-refractivity contribution in [1.29, 1.82) is 0 Å². The summed E-state index contributed by atoms with van der Waals surface area (Å²) in [6.45, 7) is 6.19. The van der Waals surface area contributed by atoms with E-state index in [1.807, 2.05) is 13.8 Å². The smallest absolute Gasteiger partial charge is 0.341 e. The second kappa shape index (κ2) is 6.55. The van der Waals surface area contributed by atoms with Crippen LogP contribution in [0.15, 0.2) is 11.0 Å². The van der Waals surface area contributed by atoms with Gasteiger partial charge in [0.1, 0.15) is 11.3 Å². The molecule has 0 radical (unpaired) electrons. The van der Waals surface area contributed by atoms with Gasteiger partial charge < -0.3 is 19.9 Å². The Bertz CT molecular complexity index is 1040. The van der Waals surface area contributed by atoms with Gasteiger partial charge in [-0.05, 0) is 33.6 Å². The van der Waals surface area contributed by atoms with Gasteiger partial charge in [0.15, 0.2) is 11.6 Å². The number of fused-ring (bicyclic) bond motifs is 1. The molecule has 2 heterocycles. The minimum atomic E-state index is -1.39. The Morgan fingerprint density at radius 3 is 2.32 bits per heavy atom. The number of rotatable bonds is 3. The van der Waals surface area contributed by atoms with E-state index in [1.54, 1.807) is 4.90 Å². The number of piperazine rings is 1. The minimum absolute atomic E-state index is 0.00485. The number of carboxylic acids is 1. The van der Waals surface area contributed by atoms with Crippen molar-refractivity contribution >= 4 is 22.6 Å². The summed E-state index contributed by atoms with van der Waals surface area (Å²) in [5, 5.41) is 12.5. The zero-order chi connectivity index (χ0) is 20.3. The molecule has 0 amide bonds.